The predicted octanol–water partition coefficient (Wildman–Crippen LogP) is 5.43. The zero-order chi connectivity index (χ0) is 24.1. The molecule has 1 aliphatic rings. The van der Waals surface area contributed by atoms with E-state index in [2.05, 4.69) is 5.32 Å². The first kappa shape index (κ1) is 23.5. The van der Waals surface area contributed by atoms with Crippen molar-refractivity contribution in [3.8, 4) is 11.5 Å². The molecule has 3 aromatic carbocycles. The number of anilines is 2. The minimum absolute atomic E-state index is 0.161. The Morgan fingerprint density at radius 2 is 1.76 bits per heavy atom. The molecule has 2 amide bonds. The Labute approximate surface area is 207 Å². The van der Waals surface area contributed by atoms with Gasteiger partial charge in [0.25, 0.3) is 11.8 Å². The number of carbonyl (C=O) groups is 2. The van der Waals surface area contributed by atoms with E-state index >= 15 is 0 Å². The lowest BCUT2D eigenvalue weighted by Gasteiger charge is -2.14. The standard InChI is InChI=1S/C26H22N2O4S2/c1-17-7-9-19(10-8-17)27-24(29)16-32-22-6-4-3-5-18(22)15-23-25(30)28(26(33)34-23)20-11-13-21(31-2)14-12-20/h3-15H,16H2,1-2H3,(H,27,29)/b23-15-. The summed E-state index contributed by atoms with van der Waals surface area (Å²) >= 11 is 6.67. The number of para-hydroxylation sites is 1. The van der Waals surface area contributed by atoms with E-state index in [0.717, 1.165) is 5.56 Å². The van der Waals surface area contributed by atoms with Gasteiger partial charge in [-0.05, 0) is 55.5 Å². The third-order valence-electron chi connectivity index (χ3n) is 5.02. The second-order valence-corrected chi connectivity index (χ2v) is 9.13. The molecule has 172 valence electrons. The second-order valence-electron chi connectivity index (χ2n) is 7.46. The first-order valence-corrected chi connectivity index (χ1v) is 11.7. The van der Waals surface area contributed by atoms with Crippen LogP contribution in [0.1, 0.15) is 11.1 Å². The highest BCUT2D eigenvalue weighted by Gasteiger charge is 2.33. The van der Waals surface area contributed by atoms with Crippen LogP contribution in [0.2, 0.25) is 0 Å². The molecule has 1 N–H and O–H groups in total. The van der Waals surface area contributed by atoms with Crippen molar-refractivity contribution in [2.75, 3.05) is 23.9 Å². The second kappa shape index (κ2) is 10.5. The van der Waals surface area contributed by atoms with Gasteiger partial charge in [-0.1, -0.05) is 59.9 Å². The smallest absolute Gasteiger partial charge is 0.270 e. The highest BCUT2D eigenvalue weighted by Crippen LogP contribution is 2.37. The van der Waals surface area contributed by atoms with Crippen molar-refractivity contribution >= 4 is 57.6 Å². The summed E-state index contributed by atoms with van der Waals surface area (Å²) < 4.78 is 11.4. The molecule has 6 nitrogen and oxygen atoms in total. The zero-order valence-corrected chi connectivity index (χ0v) is 20.2. The Balaban J connectivity index is 1.47. The van der Waals surface area contributed by atoms with Crippen LogP contribution < -0.4 is 19.7 Å². The molecule has 0 saturated carbocycles. The van der Waals surface area contributed by atoms with Gasteiger partial charge in [0.15, 0.2) is 10.9 Å². The number of rotatable bonds is 7. The third-order valence-corrected chi connectivity index (χ3v) is 6.33. The highest BCUT2D eigenvalue weighted by molar-refractivity contribution is 8.27. The number of methoxy groups -OCH3 is 1. The molecule has 0 aliphatic carbocycles. The van der Waals surface area contributed by atoms with E-state index in [1.807, 2.05) is 49.4 Å². The Hall–Kier alpha value is -3.62. The molecule has 0 unspecified atom stereocenters. The molecular weight excluding hydrogens is 468 g/mol. The number of nitrogens with zero attached hydrogens (tertiary/aromatic N) is 1. The van der Waals surface area contributed by atoms with Crippen molar-refractivity contribution < 1.29 is 19.1 Å². The van der Waals surface area contributed by atoms with Crippen LogP contribution in [0.5, 0.6) is 11.5 Å². The van der Waals surface area contributed by atoms with Gasteiger partial charge < -0.3 is 14.8 Å². The highest BCUT2D eigenvalue weighted by atomic mass is 32.2. The van der Waals surface area contributed by atoms with E-state index in [0.29, 0.717) is 37.7 Å². The molecule has 34 heavy (non-hydrogen) atoms. The number of hydrogen-bond acceptors (Lipinski definition) is 6. The molecule has 1 saturated heterocycles. The Morgan fingerprint density at radius 1 is 1.06 bits per heavy atom. The number of aryl methyl sites for hydroxylation is 1. The number of thiocarbonyl (C=S) groups is 1. The van der Waals surface area contributed by atoms with Crippen LogP contribution in [0.3, 0.4) is 0 Å². The fourth-order valence-electron chi connectivity index (χ4n) is 3.27. The molecule has 1 aliphatic heterocycles. The van der Waals surface area contributed by atoms with Crippen molar-refractivity contribution in [3.05, 3.63) is 88.8 Å². The molecule has 1 fully saturated rings. The zero-order valence-electron chi connectivity index (χ0n) is 18.6. The lowest BCUT2D eigenvalue weighted by atomic mass is 10.2. The topological polar surface area (TPSA) is 67.9 Å². The molecule has 0 aromatic heterocycles. The first-order chi connectivity index (χ1) is 16.4. The van der Waals surface area contributed by atoms with Gasteiger partial charge in [0.05, 0.1) is 17.7 Å². The molecule has 0 spiro atoms. The summed E-state index contributed by atoms with van der Waals surface area (Å²) in [6, 6.07) is 21.9. The molecule has 8 heteroatoms. The van der Waals surface area contributed by atoms with Crippen LogP contribution in [0, 0.1) is 6.92 Å². The van der Waals surface area contributed by atoms with Crippen LogP contribution in [-0.4, -0.2) is 29.9 Å². The van der Waals surface area contributed by atoms with E-state index in [9.17, 15) is 9.59 Å². The molecule has 0 atom stereocenters. The SMILES string of the molecule is COc1ccc(N2C(=O)/C(=C/c3ccccc3OCC(=O)Nc3ccc(C)cc3)SC2=S)cc1. The van der Waals surface area contributed by atoms with E-state index in [1.54, 1.807) is 43.5 Å². The van der Waals surface area contributed by atoms with Crippen LogP contribution in [0.4, 0.5) is 11.4 Å². The lowest BCUT2D eigenvalue weighted by molar-refractivity contribution is -0.118. The summed E-state index contributed by atoms with van der Waals surface area (Å²) in [5, 5.41) is 2.81. The van der Waals surface area contributed by atoms with Crippen molar-refractivity contribution in [1.29, 1.82) is 0 Å². The number of benzene rings is 3. The summed E-state index contributed by atoms with van der Waals surface area (Å²) in [6.07, 6.45) is 1.73. The number of ether oxygens (including phenoxy) is 2. The largest absolute Gasteiger partial charge is 0.497 e. The summed E-state index contributed by atoms with van der Waals surface area (Å²) in [6.45, 7) is 1.82. The minimum Gasteiger partial charge on any atom is -0.497 e. The molecule has 4 rings (SSSR count). The van der Waals surface area contributed by atoms with E-state index < -0.39 is 0 Å². The van der Waals surface area contributed by atoms with Crippen molar-refractivity contribution in [2.24, 2.45) is 0 Å². The summed E-state index contributed by atoms with van der Waals surface area (Å²) in [5.74, 6) is 0.704. The molecule has 0 radical (unpaired) electrons. The normalized spacial score (nSPS) is 14.4. The average Bonchev–Trinajstić information content (AvgIpc) is 3.12. The van der Waals surface area contributed by atoms with Gasteiger partial charge in [0, 0.05) is 11.3 Å². The van der Waals surface area contributed by atoms with Crippen LogP contribution in [-0.2, 0) is 9.59 Å². The lowest BCUT2D eigenvalue weighted by Crippen LogP contribution is -2.27. The Morgan fingerprint density at radius 3 is 2.47 bits per heavy atom. The third kappa shape index (κ3) is 5.47. The van der Waals surface area contributed by atoms with E-state index in [4.69, 9.17) is 21.7 Å². The van der Waals surface area contributed by atoms with E-state index in [-0.39, 0.29) is 18.4 Å². The minimum atomic E-state index is -0.274. The van der Waals surface area contributed by atoms with Crippen molar-refractivity contribution in [2.45, 2.75) is 6.92 Å². The number of thioether (sulfide) groups is 1. The fourth-order valence-corrected chi connectivity index (χ4v) is 4.56. The maximum absolute atomic E-state index is 13.1. The van der Waals surface area contributed by atoms with Gasteiger partial charge in [0.2, 0.25) is 0 Å². The summed E-state index contributed by atoms with van der Waals surface area (Å²) in [5.41, 5.74) is 3.17. The average molecular weight is 491 g/mol. The Bertz CT molecular complexity index is 1250. The van der Waals surface area contributed by atoms with Gasteiger partial charge in [-0.3, -0.25) is 14.5 Å². The maximum atomic E-state index is 13.1. The van der Waals surface area contributed by atoms with Gasteiger partial charge in [-0.25, -0.2) is 0 Å². The van der Waals surface area contributed by atoms with Crippen LogP contribution in [0.25, 0.3) is 6.08 Å². The molecule has 3 aromatic rings. The van der Waals surface area contributed by atoms with Gasteiger partial charge in [0.1, 0.15) is 11.5 Å². The number of carbonyl (C=O) groups excluding carboxylic acids is 2. The number of amides is 2. The van der Waals surface area contributed by atoms with Crippen molar-refractivity contribution in [3.63, 3.8) is 0 Å². The van der Waals surface area contributed by atoms with Crippen LogP contribution >= 0.6 is 24.0 Å². The van der Waals surface area contributed by atoms with Crippen molar-refractivity contribution in [1.82, 2.24) is 0 Å². The van der Waals surface area contributed by atoms with Crippen LogP contribution in [0.15, 0.2) is 77.7 Å². The van der Waals surface area contributed by atoms with Gasteiger partial charge >= 0.3 is 0 Å². The molecule has 1 heterocycles. The molecular formula is C26H22N2O4S2. The first-order valence-electron chi connectivity index (χ1n) is 10.4. The predicted molar refractivity (Wildman–Crippen MR) is 140 cm³/mol. The monoisotopic (exact) mass is 490 g/mol. The number of hydrogen-bond donors (Lipinski definition) is 1. The fraction of sp³-hybridized carbons (Fsp3) is 0.115. The summed E-state index contributed by atoms with van der Waals surface area (Å²) in [7, 11) is 1.59. The maximum Gasteiger partial charge on any atom is 0.270 e. The quantitative estimate of drug-likeness (QED) is 0.352. The van der Waals surface area contributed by atoms with E-state index in [1.165, 1.54) is 16.7 Å². The van der Waals surface area contributed by atoms with Gasteiger partial charge in [-0.2, -0.15) is 0 Å². The van der Waals surface area contributed by atoms with Gasteiger partial charge in [-0.15, -0.1) is 0 Å². The number of nitrogens with one attached hydrogen (secondary N) is 1. The molecule has 0 bridgehead atoms. The Kier molecular flexibility index (Phi) is 7.30. The summed E-state index contributed by atoms with van der Waals surface area (Å²) in [4.78, 5) is 27.4.